The molecule has 0 aliphatic carbocycles. The first-order chi connectivity index (χ1) is 10.3. The maximum Gasteiger partial charge on any atom is 0.408 e. The molecule has 0 bridgehead atoms. The Balaban J connectivity index is 1.81. The van der Waals surface area contributed by atoms with Crippen LogP contribution in [0, 0.1) is 0 Å². The van der Waals surface area contributed by atoms with Gasteiger partial charge in [0.25, 0.3) is 0 Å². The highest BCUT2D eigenvalue weighted by Crippen LogP contribution is 2.21. The van der Waals surface area contributed by atoms with E-state index in [1.54, 1.807) is 0 Å². The van der Waals surface area contributed by atoms with Crippen molar-refractivity contribution in [3.63, 3.8) is 0 Å². The maximum atomic E-state index is 12.4. The number of rotatable bonds is 6. The molecule has 2 heterocycles. The van der Waals surface area contributed by atoms with Gasteiger partial charge in [-0.05, 0) is 23.0 Å². The number of aromatic nitrogens is 2. The molecule has 1 aliphatic heterocycles. The number of nitrogens with zero attached hydrogens (tertiary/aromatic N) is 4. The van der Waals surface area contributed by atoms with Crippen molar-refractivity contribution in [3.05, 3.63) is 16.4 Å². The molecule has 1 fully saturated rings. The molecule has 0 atom stereocenters. The van der Waals surface area contributed by atoms with Crippen molar-refractivity contribution in [1.82, 2.24) is 24.9 Å². The SMILES string of the molecule is CN(CCN1CCNCC1)Cc1nn(CC(F)(F)F)cc1Br. The van der Waals surface area contributed by atoms with E-state index < -0.39 is 12.7 Å². The monoisotopic (exact) mass is 383 g/mol. The van der Waals surface area contributed by atoms with Crippen molar-refractivity contribution in [2.24, 2.45) is 0 Å². The third kappa shape index (κ3) is 5.86. The molecule has 0 radical (unpaired) electrons. The van der Waals surface area contributed by atoms with E-state index in [-0.39, 0.29) is 0 Å². The lowest BCUT2D eigenvalue weighted by atomic mass is 10.3. The summed E-state index contributed by atoms with van der Waals surface area (Å²) in [7, 11) is 1.96. The number of nitrogens with one attached hydrogen (secondary N) is 1. The number of alkyl halides is 3. The Morgan fingerprint density at radius 1 is 1.36 bits per heavy atom. The van der Waals surface area contributed by atoms with E-state index in [4.69, 9.17) is 0 Å². The van der Waals surface area contributed by atoms with Crippen molar-refractivity contribution in [1.29, 1.82) is 0 Å². The minimum absolute atomic E-state index is 0.525. The van der Waals surface area contributed by atoms with Crippen molar-refractivity contribution in [2.45, 2.75) is 19.3 Å². The van der Waals surface area contributed by atoms with Gasteiger partial charge < -0.3 is 5.32 Å². The third-order valence-corrected chi connectivity index (χ3v) is 4.22. The lowest BCUT2D eigenvalue weighted by Crippen LogP contribution is -2.45. The van der Waals surface area contributed by atoms with Gasteiger partial charge in [0, 0.05) is 52.0 Å². The highest BCUT2D eigenvalue weighted by Gasteiger charge is 2.29. The summed E-state index contributed by atoms with van der Waals surface area (Å²) < 4.78 is 38.7. The molecule has 0 saturated carbocycles. The van der Waals surface area contributed by atoms with Crippen molar-refractivity contribution >= 4 is 15.9 Å². The van der Waals surface area contributed by atoms with E-state index >= 15 is 0 Å². The summed E-state index contributed by atoms with van der Waals surface area (Å²) in [5.41, 5.74) is 0.632. The van der Waals surface area contributed by atoms with Gasteiger partial charge in [-0.1, -0.05) is 0 Å². The van der Waals surface area contributed by atoms with Crippen LogP contribution in [0.4, 0.5) is 13.2 Å². The van der Waals surface area contributed by atoms with Gasteiger partial charge in [0.1, 0.15) is 6.54 Å². The van der Waals surface area contributed by atoms with Gasteiger partial charge in [-0.2, -0.15) is 18.3 Å². The third-order valence-electron chi connectivity index (χ3n) is 3.56. The highest BCUT2D eigenvalue weighted by atomic mass is 79.9. The Morgan fingerprint density at radius 3 is 2.68 bits per heavy atom. The normalized spacial score (nSPS) is 17.4. The topological polar surface area (TPSA) is 36.3 Å². The summed E-state index contributed by atoms with van der Waals surface area (Å²) in [6.07, 6.45) is -2.87. The molecule has 2 rings (SSSR count). The molecule has 1 aromatic heterocycles. The van der Waals surface area contributed by atoms with E-state index in [1.165, 1.54) is 6.20 Å². The van der Waals surface area contributed by atoms with Crippen LogP contribution in [-0.2, 0) is 13.1 Å². The Labute approximate surface area is 136 Å². The predicted octanol–water partition coefficient (Wildman–Crippen LogP) is 1.54. The molecule has 1 aliphatic rings. The van der Waals surface area contributed by atoms with Crippen LogP contribution in [0.1, 0.15) is 5.69 Å². The molecule has 0 aromatic carbocycles. The zero-order valence-corrected chi connectivity index (χ0v) is 14.1. The second-order valence-corrected chi connectivity index (χ2v) is 6.42. The molecule has 0 spiro atoms. The van der Waals surface area contributed by atoms with Gasteiger partial charge in [0.05, 0.1) is 10.2 Å². The van der Waals surface area contributed by atoms with E-state index in [9.17, 15) is 13.2 Å². The molecule has 0 unspecified atom stereocenters. The molecular formula is C13H21BrF3N5. The summed E-state index contributed by atoms with van der Waals surface area (Å²) in [4.78, 5) is 4.46. The van der Waals surface area contributed by atoms with Crippen LogP contribution in [-0.4, -0.2) is 72.1 Å². The van der Waals surface area contributed by atoms with Gasteiger partial charge >= 0.3 is 6.18 Å². The maximum absolute atomic E-state index is 12.4. The lowest BCUT2D eigenvalue weighted by molar-refractivity contribution is -0.142. The molecule has 126 valence electrons. The van der Waals surface area contributed by atoms with Gasteiger partial charge in [-0.25, -0.2) is 0 Å². The number of hydrogen-bond acceptors (Lipinski definition) is 4. The lowest BCUT2D eigenvalue weighted by Gasteiger charge is -2.28. The Kier molecular flexibility index (Phi) is 6.25. The highest BCUT2D eigenvalue weighted by molar-refractivity contribution is 9.10. The quantitative estimate of drug-likeness (QED) is 0.808. The fraction of sp³-hybridized carbons (Fsp3) is 0.769. The minimum Gasteiger partial charge on any atom is -0.314 e. The molecule has 1 N–H and O–H groups in total. The van der Waals surface area contributed by atoms with Crippen LogP contribution in [0.3, 0.4) is 0 Å². The molecule has 5 nitrogen and oxygen atoms in total. The summed E-state index contributed by atoms with van der Waals surface area (Å²) in [6.45, 7) is 5.38. The minimum atomic E-state index is -4.25. The van der Waals surface area contributed by atoms with Gasteiger partial charge in [-0.15, -0.1) is 0 Å². The van der Waals surface area contributed by atoms with E-state index in [2.05, 4.69) is 36.1 Å². The number of halogens is 4. The van der Waals surface area contributed by atoms with Gasteiger partial charge in [-0.3, -0.25) is 14.5 Å². The smallest absolute Gasteiger partial charge is 0.314 e. The Hall–Kier alpha value is -0.640. The number of hydrogen-bond donors (Lipinski definition) is 1. The van der Waals surface area contributed by atoms with Gasteiger partial charge in [0.15, 0.2) is 0 Å². The summed E-state index contributed by atoms with van der Waals surface area (Å²) in [5.74, 6) is 0. The molecular weight excluding hydrogens is 363 g/mol. The second kappa shape index (κ2) is 7.76. The summed E-state index contributed by atoms with van der Waals surface area (Å²) in [6, 6.07) is 0. The van der Waals surface area contributed by atoms with E-state index in [1.807, 2.05) is 7.05 Å². The number of likely N-dealkylation sites (N-methyl/N-ethyl adjacent to an activating group) is 1. The summed E-state index contributed by atoms with van der Waals surface area (Å²) in [5, 5.41) is 7.32. The van der Waals surface area contributed by atoms with Crippen molar-refractivity contribution < 1.29 is 13.2 Å². The van der Waals surface area contributed by atoms with Crippen molar-refractivity contribution in [2.75, 3.05) is 46.3 Å². The molecule has 0 amide bonds. The standard InChI is InChI=1S/C13H21BrF3N5/c1-20(6-7-21-4-2-18-3-5-21)9-12-11(14)8-22(19-12)10-13(15,16)17/h8,18H,2-7,9-10H2,1H3. The van der Waals surface area contributed by atoms with Crippen molar-refractivity contribution in [3.8, 4) is 0 Å². The van der Waals surface area contributed by atoms with Crippen LogP contribution >= 0.6 is 15.9 Å². The van der Waals surface area contributed by atoms with E-state index in [0.29, 0.717) is 16.7 Å². The zero-order valence-electron chi connectivity index (χ0n) is 12.5. The van der Waals surface area contributed by atoms with Crippen LogP contribution in [0.15, 0.2) is 10.7 Å². The molecule has 1 aromatic rings. The Bertz CT molecular complexity index is 471. The Morgan fingerprint density at radius 2 is 2.05 bits per heavy atom. The van der Waals surface area contributed by atoms with E-state index in [0.717, 1.165) is 44.0 Å². The fourth-order valence-corrected chi connectivity index (χ4v) is 2.83. The van der Waals surface area contributed by atoms with Crippen LogP contribution in [0.25, 0.3) is 0 Å². The van der Waals surface area contributed by atoms with Crippen LogP contribution in [0.2, 0.25) is 0 Å². The average molecular weight is 384 g/mol. The molecule has 22 heavy (non-hydrogen) atoms. The first-order valence-corrected chi connectivity index (χ1v) is 8.03. The average Bonchev–Trinajstić information content (AvgIpc) is 2.75. The molecule has 1 saturated heterocycles. The second-order valence-electron chi connectivity index (χ2n) is 5.57. The van der Waals surface area contributed by atoms with Crippen LogP contribution < -0.4 is 5.32 Å². The largest absolute Gasteiger partial charge is 0.408 e. The first-order valence-electron chi connectivity index (χ1n) is 7.24. The summed E-state index contributed by atoms with van der Waals surface area (Å²) >= 11 is 3.28. The van der Waals surface area contributed by atoms with Gasteiger partial charge in [0.2, 0.25) is 0 Å². The first kappa shape index (κ1) is 17.7. The predicted molar refractivity (Wildman–Crippen MR) is 81.6 cm³/mol. The van der Waals surface area contributed by atoms with Crippen LogP contribution in [0.5, 0.6) is 0 Å². The number of piperazine rings is 1. The fourth-order valence-electron chi connectivity index (χ4n) is 2.39. The molecule has 9 heteroatoms. The zero-order chi connectivity index (χ0) is 16.2.